The van der Waals surface area contributed by atoms with Crippen LogP contribution in [0.1, 0.15) is 59.7 Å². The molecular formula is C26H30N4O3. The number of nitrogens with zero attached hydrogens (tertiary/aromatic N) is 4. The second-order valence-corrected chi connectivity index (χ2v) is 9.53. The third kappa shape index (κ3) is 3.24. The molecule has 33 heavy (non-hydrogen) atoms. The van der Waals surface area contributed by atoms with E-state index in [0.29, 0.717) is 41.7 Å². The third-order valence-corrected chi connectivity index (χ3v) is 7.71. The normalized spacial score (nSPS) is 20.3. The summed E-state index contributed by atoms with van der Waals surface area (Å²) in [4.78, 5) is 45.5. The molecule has 172 valence electrons. The topological polar surface area (TPSA) is 77.2 Å². The van der Waals surface area contributed by atoms with Crippen LogP contribution in [-0.4, -0.2) is 38.0 Å². The van der Waals surface area contributed by atoms with Gasteiger partial charge in [0.15, 0.2) is 0 Å². The maximum atomic E-state index is 13.8. The van der Waals surface area contributed by atoms with Crippen LogP contribution in [-0.2, 0) is 32.4 Å². The second-order valence-electron chi connectivity index (χ2n) is 9.53. The van der Waals surface area contributed by atoms with Crippen LogP contribution in [0.2, 0.25) is 0 Å². The van der Waals surface area contributed by atoms with E-state index in [4.69, 9.17) is 0 Å². The smallest absolute Gasteiger partial charge is 0.332 e. The Kier molecular flexibility index (Phi) is 5.22. The standard InChI is InChI=1S/C26H30N4O3/c1-4-18-19(15-27-22-21(18)24(32)29(3)25(33)28(22)2)23(31)30-14-8-13-26(16-30)12-7-10-17-9-5-6-11-20(17)26/h5-6,9,11,15H,4,7-8,10,12-14,16H2,1-3H3. The summed E-state index contributed by atoms with van der Waals surface area (Å²) in [5.74, 6) is -0.0701. The lowest BCUT2D eigenvalue weighted by atomic mass is 9.66. The largest absolute Gasteiger partial charge is 0.338 e. The summed E-state index contributed by atoms with van der Waals surface area (Å²) in [5.41, 5.74) is 3.45. The predicted molar refractivity (Wildman–Crippen MR) is 128 cm³/mol. The van der Waals surface area contributed by atoms with Crippen LogP contribution >= 0.6 is 0 Å². The minimum atomic E-state index is -0.421. The quantitative estimate of drug-likeness (QED) is 0.607. The molecule has 3 aromatic rings. The lowest BCUT2D eigenvalue weighted by Gasteiger charge is -2.46. The maximum Gasteiger partial charge on any atom is 0.332 e. The van der Waals surface area contributed by atoms with Gasteiger partial charge < -0.3 is 4.90 Å². The van der Waals surface area contributed by atoms with Gasteiger partial charge in [0, 0.05) is 38.8 Å². The minimum absolute atomic E-state index is 0.000554. The maximum absolute atomic E-state index is 13.8. The zero-order valence-electron chi connectivity index (χ0n) is 19.6. The average Bonchev–Trinajstić information content (AvgIpc) is 2.85. The first kappa shape index (κ1) is 21.6. The van der Waals surface area contributed by atoms with Crippen molar-refractivity contribution >= 4 is 16.9 Å². The van der Waals surface area contributed by atoms with Crippen LogP contribution in [0.5, 0.6) is 0 Å². The van der Waals surface area contributed by atoms with Crippen molar-refractivity contribution in [1.82, 2.24) is 19.0 Å². The SMILES string of the molecule is CCc1c(C(=O)N2CCCC3(CCCc4ccccc43)C2)cnc2c1c(=O)n(C)c(=O)n2C. The van der Waals surface area contributed by atoms with Gasteiger partial charge in [0.2, 0.25) is 0 Å². The van der Waals surface area contributed by atoms with Crippen molar-refractivity contribution in [1.29, 1.82) is 0 Å². The van der Waals surface area contributed by atoms with Gasteiger partial charge in [-0.25, -0.2) is 9.78 Å². The molecule has 1 atom stereocenters. The van der Waals surface area contributed by atoms with Gasteiger partial charge in [0.1, 0.15) is 5.65 Å². The summed E-state index contributed by atoms with van der Waals surface area (Å²) >= 11 is 0. The number of aryl methyl sites for hydroxylation is 3. The number of likely N-dealkylation sites (tertiary alicyclic amines) is 1. The Morgan fingerprint density at radius 2 is 1.85 bits per heavy atom. The summed E-state index contributed by atoms with van der Waals surface area (Å²) in [6, 6.07) is 8.67. The number of carbonyl (C=O) groups is 1. The monoisotopic (exact) mass is 446 g/mol. The van der Waals surface area contributed by atoms with Gasteiger partial charge in [0.05, 0.1) is 10.9 Å². The molecule has 1 amide bonds. The summed E-state index contributed by atoms with van der Waals surface area (Å²) in [6.45, 7) is 3.33. The van der Waals surface area contributed by atoms with Crippen LogP contribution in [0.25, 0.3) is 11.0 Å². The summed E-state index contributed by atoms with van der Waals surface area (Å²) in [6.07, 6.45) is 7.44. The van der Waals surface area contributed by atoms with Crippen LogP contribution in [0, 0.1) is 0 Å². The fourth-order valence-electron chi connectivity index (χ4n) is 6.05. The third-order valence-electron chi connectivity index (χ3n) is 7.71. The molecule has 1 unspecified atom stereocenters. The zero-order valence-corrected chi connectivity index (χ0v) is 19.6. The molecule has 7 heteroatoms. The Morgan fingerprint density at radius 1 is 1.09 bits per heavy atom. The van der Waals surface area contributed by atoms with Gasteiger partial charge >= 0.3 is 5.69 Å². The molecule has 7 nitrogen and oxygen atoms in total. The molecule has 1 aliphatic carbocycles. The van der Waals surface area contributed by atoms with Crippen molar-refractivity contribution in [2.24, 2.45) is 14.1 Å². The number of carbonyl (C=O) groups excluding carboxylic acids is 1. The van der Waals surface area contributed by atoms with Gasteiger partial charge in [-0.15, -0.1) is 0 Å². The van der Waals surface area contributed by atoms with Crippen LogP contribution < -0.4 is 11.2 Å². The molecule has 1 aromatic carbocycles. The molecule has 3 heterocycles. The minimum Gasteiger partial charge on any atom is -0.338 e. The first-order chi connectivity index (χ1) is 15.9. The van der Waals surface area contributed by atoms with Crippen LogP contribution in [0.4, 0.5) is 0 Å². The fraction of sp³-hybridized carbons (Fsp3) is 0.462. The van der Waals surface area contributed by atoms with Gasteiger partial charge in [-0.3, -0.25) is 18.7 Å². The van der Waals surface area contributed by atoms with Crippen molar-refractivity contribution < 1.29 is 4.79 Å². The van der Waals surface area contributed by atoms with E-state index >= 15 is 0 Å². The van der Waals surface area contributed by atoms with E-state index in [-0.39, 0.29) is 11.3 Å². The van der Waals surface area contributed by atoms with Crippen molar-refractivity contribution in [3.63, 3.8) is 0 Å². The van der Waals surface area contributed by atoms with Gasteiger partial charge in [0.25, 0.3) is 11.5 Å². The highest BCUT2D eigenvalue weighted by atomic mass is 16.2. The number of hydrogen-bond acceptors (Lipinski definition) is 4. The van der Waals surface area contributed by atoms with Gasteiger partial charge in [-0.05, 0) is 55.2 Å². The molecule has 2 aromatic heterocycles. The van der Waals surface area contributed by atoms with E-state index in [1.807, 2.05) is 11.8 Å². The number of amides is 1. The average molecular weight is 447 g/mol. The molecule has 0 bridgehead atoms. The van der Waals surface area contributed by atoms with E-state index in [9.17, 15) is 14.4 Å². The molecular weight excluding hydrogens is 416 g/mol. The Balaban J connectivity index is 1.59. The lowest BCUT2D eigenvalue weighted by molar-refractivity contribution is 0.0615. The molecule has 1 spiro atoms. The van der Waals surface area contributed by atoms with Gasteiger partial charge in [-0.1, -0.05) is 31.2 Å². The predicted octanol–water partition coefficient (Wildman–Crippen LogP) is 2.70. The fourth-order valence-corrected chi connectivity index (χ4v) is 6.05. The molecule has 1 saturated heterocycles. The molecule has 0 saturated carbocycles. The number of piperidine rings is 1. The number of fused-ring (bicyclic) bond motifs is 3. The highest BCUT2D eigenvalue weighted by Gasteiger charge is 2.41. The first-order valence-corrected chi connectivity index (χ1v) is 11.8. The number of rotatable bonds is 2. The lowest BCUT2D eigenvalue weighted by Crippen LogP contribution is -2.50. The van der Waals surface area contributed by atoms with E-state index in [0.717, 1.165) is 36.7 Å². The van der Waals surface area contributed by atoms with E-state index in [1.54, 1.807) is 13.2 Å². The van der Waals surface area contributed by atoms with Crippen molar-refractivity contribution in [3.8, 4) is 0 Å². The molecule has 0 radical (unpaired) electrons. The van der Waals surface area contributed by atoms with E-state index in [2.05, 4.69) is 29.2 Å². The Bertz CT molecular complexity index is 1390. The molecule has 2 aliphatic rings. The van der Waals surface area contributed by atoms with E-state index in [1.165, 1.54) is 22.7 Å². The number of benzene rings is 1. The summed E-state index contributed by atoms with van der Waals surface area (Å²) < 4.78 is 2.46. The highest BCUT2D eigenvalue weighted by Crippen LogP contribution is 2.43. The van der Waals surface area contributed by atoms with Crippen LogP contribution in [0.15, 0.2) is 40.1 Å². The van der Waals surface area contributed by atoms with Gasteiger partial charge in [-0.2, -0.15) is 0 Å². The molecule has 1 fully saturated rings. The first-order valence-electron chi connectivity index (χ1n) is 11.8. The number of hydrogen-bond donors (Lipinski definition) is 0. The summed E-state index contributed by atoms with van der Waals surface area (Å²) in [5, 5.41) is 0.364. The Hall–Kier alpha value is -3.22. The Morgan fingerprint density at radius 3 is 2.64 bits per heavy atom. The van der Waals surface area contributed by atoms with E-state index < -0.39 is 11.2 Å². The van der Waals surface area contributed by atoms with Crippen molar-refractivity contribution in [2.75, 3.05) is 13.1 Å². The summed E-state index contributed by atoms with van der Waals surface area (Å²) in [7, 11) is 3.07. The zero-order chi connectivity index (χ0) is 23.3. The van der Waals surface area contributed by atoms with Crippen LogP contribution in [0.3, 0.4) is 0 Å². The second kappa shape index (κ2) is 7.97. The van der Waals surface area contributed by atoms with Crippen molar-refractivity contribution in [3.05, 3.63) is 73.6 Å². The number of pyridine rings is 1. The molecule has 1 aliphatic heterocycles. The Labute approximate surface area is 192 Å². The molecule has 0 N–H and O–H groups in total. The number of aromatic nitrogens is 3. The highest BCUT2D eigenvalue weighted by molar-refractivity contribution is 5.99. The van der Waals surface area contributed by atoms with Crippen molar-refractivity contribution in [2.45, 2.75) is 50.9 Å². The molecule has 5 rings (SSSR count).